The highest BCUT2D eigenvalue weighted by atomic mass is 32.2. The van der Waals surface area contributed by atoms with Gasteiger partial charge in [0, 0.05) is 0 Å². The van der Waals surface area contributed by atoms with Crippen LogP contribution in [-0.4, -0.2) is 37.4 Å². The van der Waals surface area contributed by atoms with Gasteiger partial charge in [-0.25, -0.2) is 13.1 Å². The zero-order valence-electron chi connectivity index (χ0n) is 11.6. The molecular formula is C14H21NO4S. The fourth-order valence-corrected chi connectivity index (χ4v) is 3.82. The van der Waals surface area contributed by atoms with Gasteiger partial charge < -0.3 is 10.2 Å². The van der Waals surface area contributed by atoms with Crippen molar-refractivity contribution in [2.45, 2.75) is 43.0 Å². The topological polar surface area (TPSA) is 86.6 Å². The van der Waals surface area contributed by atoms with Gasteiger partial charge in [0.15, 0.2) is 0 Å². The summed E-state index contributed by atoms with van der Waals surface area (Å²) in [6, 6.07) is 5.14. The minimum absolute atomic E-state index is 0.186. The Balaban J connectivity index is 2.30. The lowest BCUT2D eigenvalue weighted by molar-refractivity contribution is 0.122. The number of aliphatic hydroxyl groups excluding tert-OH is 2. The first-order valence-corrected chi connectivity index (χ1v) is 8.26. The standard InChI is InChI=1S/C14H21NO4S/c1-14(9-16,10-17)15-20(18,19)13-7-6-11-4-2-3-5-12(11)8-13/h6-8,15-17H,2-5,9-10H2,1H3. The summed E-state index contributed by atoms with van der Waals surface area (Å²) < 4.78 is 27.0. The van der Waals surface area contributed by atoms with E-state index in [0.29, 0.717) is 0 Å². The van der Waals surface area contributed by atoms with Crippen LogP contribution in [0.3, 0.4) is 0 Å². The molecular weight excluding hydrogens is 278 g/mol. The lowest BCUT2D eigenvalue weighted by Crippen LogP contribution is -2.51. The van der Waals surface area contributed by atoms with E-state index in [9.17, 15) is 18.6 Å². The molecule has 0 heterocycles. The Morgan fingerprint density at radius 3 is 2.35 bits per heavy atom. The molecule has 1 aromatic rings. The van der Waals surface area contributed by atoms with Gasteiger partial charge in [-0.2, -0.15) is 0 Å². The zero-order chi connectivity index (χ0) is 14.8. The highest BCUT2D eigenvalue weighted by Gasteiger charge is 2.30. The van der Waals surface area contributed by atoms with Crippen molar-refractivity contribution in [3.05, 3.63) is 29.3 Å². The number of hydrogen-bond donors (Lipinski definition) is 3. The summed E-state index contributed by atoms with van der Waals surface area (Å²) in [7, 11) is -3.75. The van der Waals surface area contributed by atoms with Gasteiger partial charge >= 0.3 is 0 Å². The molecule has 112 valence electrons. The number of aryl methyl sites for hydroxylation is 2. The third-order valence-corrected chi connectivity index (χ3v) is 5.35. The van der Waals surface area contributed by atoms with Crippen molar-refractivity contribution in [1.29, 1.82) is 0 Å². The number of sulfonamides is 1. The SMILES string of the molecule is CC(CO)(CO)NS(=O)(=O)c1ccc2c(c1)CCCC2. The summed E-state index contributed by atoms with van der Waals surface area (Å²) in [4.78, 5) is 0.186. The van der Waals surface area contributed by atoms with Crippen LogP contribution in [0.15, 0.2) is 23.1 Å². The number of fused-ring (bicyclic) bond motifs is 1. The third kappa shape index (κ3) is 3.20. The first-order chi connectivity index (χ1) is 9.40. The van der Waals surface area contributed by atoms with Crippen LogP contribution in [0.4, 0.5) is 0 Å². The fraction of sp³-hybridized carbons (Fsp3) is 0.571. The molecule has 0 aliphatic heterocycles. The number of benzene rings is 1. The van der Waals surface area contributed by atoms with E-state index in [1.54, 1.807) is 12.1 Å². The zero-order valence-corrected chi connectivity index (χ0v) is 12.4. The second kappa shape index (κ2) is 5.81. The molecule has 0 aromatic heterocycles. The lowest BCUT2D eigenvalue weighted by atomic mass is 9.92. The van der Waals surface area contributed by atoms with Gasteiger partial charge in [0.05, 0.1) is 23.6 Å². The lowest BCUT2D eigenvalue weighted by Gasteiger charge is -2.26. The average molecular weight is 299 g/mol. The Labute approximate surface area is 119 Å². The number of aliphatic hydroxyl groups is 2. The number of rotatable bonds is 5. The van der Waals surface area contributed by atoms with Crippen LogP contribution in [0.1, 0.15) is 30.9 Å². The summed E-state index contributed by atoms with van der Waals surface area (Å²) in [6.07, 6.45) is 4.11. The van der Waals surface area contributed by atoms with Gasteiger partial charge in [-0.15, -0.1) is 0 Å². The predicted molar refractivity (Wildman–Crippen MR) is 76.0 cm³/mol. The minimum Gasteiger partial charge on any atom is -0.394 e. The third-order valence-electron chi connectivity index (χ3n) is 3.71. The van der Waals surface area contributed by atoms with Crippen molar-refractivity contribution in [1.82, 2.24) is 4.72 Å². The van der Waals surface area contributed by atoms with Gasteiger partial charge in [-0.1, -0.05) is 6.07 Å². The second-order valence-corrected chi connectivity index (χ2v) is 7.30. The highest BCUT2D eigenvalue weighted by Crippen LogP contribution is 2.24. The van der Waals surface area contributed by atoms with Crippen LogP contribution in [0, 0.1) is 0 Å². The molecule has 3 N–H and O–H groups in total. The van der Waals surface area contributed by atoms with Crippen LogP contribution in [0.5, 0.6) is 0 Å². The fourth-order valence-electron chi connectivity index (χ4n) is 2.37. The second-order valence-electron chi connectivity index (χ2n) is 5.62. The Hall–Kier alpha value is -0.950. The maximum absolute atomic E-state index is 12.3. The summed E-state index contributed by atoms with van der Waals surface area (Å²) in [5.41, 5.74) is 1.03. The van der Waals surface area contributed by atoms with E-state index < -0.39 is 28.8 Å². The minimum atomic E-state index is -3.75. The van der Waals surface area contributed by atoms with E-state index in [2.05, 4.69) is 4.72 Å². The molecule has 0 atom stereocenters. The molecule has 20 heavy (non-hydrogen) atoms. The van der Waals surface area contributed by atoms with E-state index in [-0.39, 0.29) is 4.90 Å². The van der Waals surface area contributed by atoms with Gasteiger partial charge in [0.1, 0.15) is 0 Å². The van der Waals surface area contributed by atoms with Crippen molar-refractivity contribution >= 4 is 10.0 Å². The number of hydrogen-bond acceptors (Lipinski definition) is 4. The van der Waals surface area contributed by atoms with Crippen LogP contribution in [0.25, 0.3) is 0 Å². The summed E-state index contributed by atoms with van der Waals surface area (Å²) in [6.45, 7) is 0.532. The Kier molecular flexibility index (Phi) is 4.49. The Morgan fingerprint density at radius 1 is 1.15 bits per heavy atom. The molecule has 1 aliphatic carbocycles. The van der Waals surface area contributed by atoms with Gasteiger partial charge in [-0.3, -0.25) is 0 Å². The maximum atomic E-state index is 12.3. The molecule has 5 nitrogen and oxygen atoms in total. The van der Waals surface area contributed by atoms with Crippen molar-refractivity contribution < 1.29 is 18.6 Å². The smallest absolute Gasteiger partial charge is 0.241 e. The van der Waals surface area contributed by atoms with Crippen molar-refractivity contribution in [3.63, 3.8) is 0 Å². The normalized spacial score (nSPS) is 15.9. The van der Waals surface area contributed by atoms with Crippen molar-refractivity contribution in [2.24, 2.45) is 0 Å². The van der Waals surface area contributed by atoms with Crippen molar-refractivity contribution in [3.8, 4) is 0 Å². The average Bonchev–Trinajstić information content (AvgIpc) is 2.46. The first-order valence-electron chi connectivity index (χ1n) is 6.78. The molecule has 6 heteroatoms. The van der Waals surface area contributed by atoms with E-state index in [1.165, 1.54) is 12.5 Å². The van der Waals surface area contributed by atoms with Crippen molar-refractivity contribution in [2.75, 3.05) is 13.2 Å². The maximum Gasteiger partial charge on any atom is 0.241 e. The van der Waals surface area contributed by atoms with E-state index >= 15 is 0 Å². The molecule has 1 aromatic carbocycles. The van der Waals surface area contributed by atoms with E-state index in [1.807, 2.05) is 6.07 Å². The Morgan fingerprint density at radius 2 is 1.75 bits per heavy atom. The molecule has 0 saturated carbocycles. The molecule has 2 rings (SSSR count). The molecule has 1 aliphatic rings. The molecule has 0 fully saturated rings. The molecule has 0 amide bonds. The predicted octanol–water partition coefficient (Wildman–Crippen LogP) is 0.587. The first kappa shape index (κ1) is 15.4. The van der Waals surface area contributed by atoms with Gasteiger partial charge in [0.2, 0.25) is 10.0 Å². The van der Waals surface area contributed by atoms with Crippen LogP contribution in [0.2, 0.25) is 0 Å². The highest BCUT2D eigenvalue weighted by molar-refractivity contribution is 7.89. The Bertz CT molecular complexity index is 579. The largest absolute Gasteiger partial charge is 0.394 e. The van der Waals surface area contributed by atoms with Gasteiger partial charge in [-0.05, 0) is 55.9 Å². The van der Waals surface area contributed by atoms with Gasteiger partial charge in [0.25, 0.3) is 0 Å². The molecule has 0 spiro atoms. The molecule has 0 bridgehead atoms. The summed E-state index contributed by atoms with van der Waals surface area (Å²) in [5.74, 6) is 0. The molecule has 0 radical (unpaired) electrons. The summed E-state index contributed by atoms with van der Waals surface area (Å²) >= 11 is 0. The molecule has 0 unspecified atom stereocenters. The summed E-state index contributed by atoms with van der Waals surface area (Å²) in [5, 5.41) is 18.4. The van der Waals surface area contributed by atoms with Crippen LogP contribution >= 0.6 is 0 Å². The number of nitrogens with one attached hydrogen (secondary N) is 1. The van der Waals surface area contributed by atoms with Crippen LogP contribution < -0.4 is 4.72 Å². The van der Waals surface area contributed by atoms with E-state index in [4.69, 9.17) is 0 Å². The van der Waals surface area contributed by atoms with E-state index in [0.717, 1.165) is 31.2 Å². The monoisotopic (exact) mass is 299 g/mol. The molecule has 0 saturated heterocycles. The van der Waals surface area contributed by atoms with Crippen LogP contribution in [-0.2, 0) is 22.9 Å². The quantitative estimate of drug-likeness (QED) is 0.742.